The van der Waals surface area contributed by atoms with Crippen LogP contribution >= 0.6 is 0 Å². The molecular formula is C7H12N4. The highest BCUT2D eigenvalue weighted by Gasteiger charge is 1.82. The number of H-pyrrole nitrogens is 1. The molecule has 0 unspecified atom stereocenters. The number of hydrogen-bond donors (Lipinski definition) is 2. The number of aromatic amines is 1. The number of nitrogens with one attached hydrogen (secondary N) is 2. The summed E-state index contributed by atoms with van der Waals surface area (Å²) in [6, 6.07) is 0. The van der Waals surface area contributed by atoms with Crippen LogP contribution in [0.2, 0.25) is 0 Å². The van der Waals surface area contributed by atoms with Crippen molar-refractivity contribution in [3.05, 3.63) is 18.2 Å². The lowest BCUT2D eigenvalue weighted by Crippen LogP contribution is -2.04. The SMILES string of the molecule is C1=NCCN1.Cc1ncc[nH]1. The van der Waals surface area contributed by atoms with Gasteiger partial charge in [-0.25, -0.2) is 4.98 Å². The van der Waals surface area contributed by atoms with Crippen LogP contribution in [-0.2, 0) is 0 Å². The predicted molar refractivity (Wildman–Crippen MR) is 44.7 cm³/mol. The van der Waals surface area contributed by atoms with E-state index in [0.717, 1.165) is 18.9 Å². The zero-order valence-corrected chi connectivity index (χ0v) is 6.54. The molecule has 0 saturated heterocycles. The van der Waals surface area contributed by atoms with Crippen molar-refractivity contribution in [2.45, 2.75) is 6.92 Å². The quantitative estimate of drug-likeness (QED) is 0.563. The maximum Gasteiger partial charge on any atom is 0.102 e. The van der Waals surface area contributed by atoms with Crippen LogP contribution in [0.15, 0.2) is 17.4 Å². The summed E-state index contributed by atoms with van der Waals surface area (Å²) in [6.45, 7) is 3.90. The smallest absolute Gasteiger partial charge is 0.102 e. The summed E-state index contributed by atoms with van der Waals surface area (Å²) in [7, 11) is 0. The number of hydrogen-bond acceptors (Lipinski definition) is 3. The molecule has 1 aliphatic heterocycles. The van der Waals surface area contributed by atoms with Crippen molar-refractivity contribution < 1.29 is 0 Å². The monoisotopic (exact) mass is 152 g/mol. The van der Waals surface area contributed by atoms with Gasteiger partial charge in [-0.05, 0) is 6.92 Å². The Labute approximate surface area is 65.8 Å². The zero-order valence-electron chi connectivity index (χ0n) is 6.54. The number of aryl methyl sites for hydroxylation is 1. The Hall–Kier alpha value is -1.32. The van der Waals surface area contributed by atoms with E-state index >= 15 is 0 Å². The molecule has 0 atom stereocenters. The van der Waals surface area contributed by atoms with Gasteiger partial charge in [0.1, 0.15) is 5.82 Å². The highest BCUT2D eigenvalue weighted by atomic mass is 15.0. The molecule has 0 fully saturated rings. The Bertz CT molecular complexity index is 196. The first-order chi connectivity index (χ1) is 5.39. The van der Waals surface area contributed by atoms with E-state index in [0.29, 0.717) is 0 Å². The molecule has 2 rings (SSSR count). The molecule has 4 nitrogen and oxygen atoms in total. The number of imidazole rings is 1. The largest absolute Gasteiger partial charge is 0.375 e. The summed E-state index contributed by atoms with van der Waals surface area (Å²) >= 11 is 0. The number of rotatable bonds is 0. The van der Waals surface area contributed by atoms with Crippen LogP contribution in [0, 0.1) is 6.92 Å². The maximum atomic E-state index is 3.86. The molecule has 2 heterocycles. The summed E-state index contributed by atoms with van der Waals surface area (Å²) < 4.78 is 0. The van der Waals surface area contributed by atoms with Gasteiger partial charge < -0.3 is 10.3 Å². The highest BCUT2D eigenvalue weighted by Crippen LogP contribution is 1.78. The van der Waals surface area contributed by atoms with Crippen molar-refractivity contribution in [2.75, 3.05) is 13.1 Å². The second kappa shape index (κ2) is 4.49. The summed E-state index contributed by atoms with van der Waals surface area (Å²) in [5.74, 6) is 0.968. The van der Waals surface area contributed by atoms with Gasteiger partial charge in [-0.3, -0.25) is 4.99 Å². The first-order valence-electron chi connectivity index (χ1n) is 3.57. The highest BCUT2D eigenvalue weighted by molar-refractivity contribution is 5.56. The van der Waals surface area contributed by atoms with Crippen LogP contribution in [-0.4, -0.2) is 29.4 Å². The average Bonchev–Trinajstić information content (AvgIpc) is 2.57. The van der Waals surface area contributed by atoms with Crippen molar-refractivity contribution in [3.8, 4) is 0 Å². The fourth-order valence-electron chi connectivity index (χ4n) is 0.667. The second-order valence-corrected chi connectivity index (χ2v) is 2.16. The predicted octanol–water partition coefficient (Wildman–Crippen LogP) is 0.336. The fraction of sp³-hybridized carbons (Fsp3) is 0.429. The minimum absolute atomic E-state index is 0.958. The molecule has 1 aliphatic rings. The van der Waals surface area contributed by atoms with Gasteiger partial charge >= 0.3 is 0 Å². The molecule has 0 saturated carbocycles. The second-order valence-electron chi connectivity index (χ2n) is 2.16. The Morgan fingerprint density at radius 1 is 1.55 bits per heavy atom. The summed E-state index contributed by atoms with van der Waals surface area (Å²) in [5.41, 5.74) is 0. The van der Waals surface area contributed by atoms with E-state index in [1.54, 1.807) is 18.7 Å². The Balaban J connectivity index is 0.000000112. The molecule has 0 bridgehead atoms. The molecule has 1 aromatic rings. The lowest BCUT2D eigenvalue weighted by molar-refractivity contribution is 0.965. The summed E-state index contributed by atoms with van der Waals surface area (Å²) in [5, 5.41) is 2.93. The van der Waals surface area contributed by atoms with Crippen LogP contribution in [0.5, 0.6) is 0 Å². The number of nitrogens with zero attached hydrogens (tertiary/aromatic N) is 2. The third-order valence-corrected chi connectivity index (χ3v) is 1.20. The molecule has 60 valence electrons. The molecule has 0 aromatic carbocycles. The van der Waals surface area contributed by atoms with Crippen molar-refractivity contribution in [1.82, 2.24) is 15.3 Å². The maximum absolute atomic E-state index is 3.86. The molecular weight excluding hydrogens is 140 g/mol. The summed E-state index contributed by atoms with van der Waals surface area (Å²) in [4.78, 5) is 10.6. The summed E-state index contributed by atoms with van der Waals surface area (Å²) in [6.07, 6.45) is 5.27. The molecule has 0 aliphatic carbocycles. The van der Waals surface area contributed by atoms with E-state index in [4.69, 9.17) is 0 Å². The van der Waals surface area contributed by atoms with Crippen LogP contribution in [0.4, 0.5) is 0 Å². The number of aromatic nitrogens is 2. The van der Waals surface area contributed by atoms with E-state index in [1.807, 2.05) is 6.92 Å². The van der Waals surface area contributed by atoms with Gasteiger partial charge in [-0.2, -0.15) is 0 Å². The van der Waals surface area contributed by atoms with Crippen molar-refractivity contribution in [1.29, 1.82) is 0 Å². The topological polar surface area (TPSA) is 53.1 Å². The Morgan fingerprint density at radius 2 is 2.45 bits per heavy atom. The molecule has 11 heavy (non-hydrogen) atoms. The van der Waals surface area contributed by atoms with Crippen molar-refractivity contribution in [2.24, 2.45) is 4.99 Å². The van der Waals surface area contributed by atoms with Crippen LogP contribution in [0.25, 0.3) is 0 Å². The molecule has 1 aromatic heterocycles. The standard InChI is InChI=1S/C4H6N2.C3H6N2/c1-4-5-2-3-6-4;1-2-5-3-4-1/h2-3H,1H3,(H,5,6);3H,1-2H2,(H,4,5). The Kier molecular flexibility index (Phi) is 3.18. The van der Waals surface area contributed by atoms with E-state index in [2.05, 4.69) is 20.3 Å². The lowest BCUT2D eigenvalue weighted by atomic mass is 10.7. The molecule has 0 radical (unpaired) electrons. The third kappa shape index (κ3) is 3.40. The normalized spacial score (nSPS) is 13.5. The van der Waals surface area contributed by atoms with Crippen LogP contribution in [0.1, 0.15) is 5.82 Å². The van der Waals surface area contributed by atoms with Gasteiger partial charge in [0, 0.05) is 18.9 Å². The van der Waals surface area contributed by atoms with E-state index in [9.17, 15) is 0 Å². The Morgan fingerprint density at radius 3 is 2.64 bits per heavy atom. The first-order valence-corrected chi connectivity index (χ1v) is 3.57. The fourth-order valence-corrected chi connectivity index (χ4v) is 0.667. The van der Waals surface area contributed by atoms with Gasteiger partial charge in [-0.1, -0.05) is 0 Å². The van der Waals surface area contributed by atoms with Gasteiger partial charge in [-0.15, -0.1) is 0 Å². The molecule has 0 spiro atoms. The van der Waals surface area contributed by atoms with Gasteiger partial charge in [0.2, 0.25) is 0 Å². The van der Waals surface area contributed by atoms with Gasteiger partial charge in [0.05, 0.1) is 12.9 Å². The zero-order chi connectivity index (χ0) is 7.94. The average molecular weight is 152 g/mol. The lowest BCUT2D eigenvalue weighted by Gasteiger charge is -1.75. The van der Waals surface area contributed by atoms with Gasteiger partial charge in [0.15, 0.2) is 0 Å². The third-order valence-electron chi connectivity index (χ3n) is 1.20. The molecule has 2 N–H and O–H groups in total. The van der Waals surface area contributed by atoms with Gasteiger partial charge in [0.25, 0.3) is 0 Å². The first kappa shape index (κ1) is 7.78. The van der Waals surface area contributed by atoms with Crippen molar-refractivity contribution >= 4 is 6.34 Å². The van der Waals surface area contributed by atoms with E-state index in [-0.39, 0.29) is 0 Å². The van der Waals surface area contributed by atoms with E-state index < -0.39 is 0 Å². The molecule has 4 heteroatoms. The number of aliphatic imine (C=N–C) groups is 1. The minimum atomic E-state index is 0.958. The van der Waals surface area contributed by atoms with Crippen molar-refractivity contribution in [3.63, 3.8) is 0 Å². The van der Waals surface area contributed by atoms with Crippen LogP contribution in [0.3, 0.4) is 0 Å². The minimum Gasteiger partial charge on any atom is -0.375 e. The molecule has 0 amide bonds. The van der Waals surface area contributed by atoms with Crippen LogP contribution < -0.4 is 5.32 Å². The van der Waals surface area contributed by atoms with E-state index in [1.165, 1.54) is 0 Å².